The SMILES string of the molecule is COC(=O)c1cnn(-c2cccc(-c3cccc(C(=O)OC(C)(C)C)c3)n2)c1C1CC1c1cn(C)nn1. The van der Waals surface area contributed by atoms with Crippen LogP contribution in [0.1, 0.15) is 71.1 Å². The summed E-state index contributed by atoms with van der Waals surface area (Å²) in [5.41, 5.74) is 3.27. The van der Waals surface area contributed by atoms with Crippen LogP contribution >= 0.6 is 0 Å². The molecule has 4 aromatic rings. The van der Waals surface area contributed by atoms with E-state index in [1.807, 2.05) is 58.3 Å². The van der Waals surface area contributed by atoms with Crippen molar-refractivity contribution in [1.29, 1.82) is 0 Å². The van der Waals surface area contributed by atoms with Crippen LogP contribution in [0.15, 0.2) is 54.9 Å². The molecule has 10 heteroatoms. The quantitative estimate of drug-likeness (QED) is 0.364. The smallest absolute Gasteiger partial charge is 0.341 e. The van der Waals surface area contributed by atoms with E-state index in [9.17, 15) is 9.59 Å². The van der Waals surface area contributed by atoms with Crippen LogP contribution in [0.2, 0.25) is 0 Å². The van der Waals surface area contributed by atoms with Gasteiger partial charge >= 0.3 is 11.9 Å². The molecule has 1 aromatic carbocycles. The van der Waals surface area contributed by atoms with E-state index >= 15 is 0 Å². The van der Waals surface area contributed by atoms with E-state index in [-0.39, 0.29) is 11.8 Å². The predicted octanol–water partition coefficient (Wildman–Crippen LogP) is 4.08. The molecule has 0 amide bonds. The summed E-state index contributed by atoms with van der Waals surface area (Å²) in [5, 5.41) is 12.8. The molecule has 3 heterocycles. The lowest BCUT2D eigenvalue weighted by Gasteiger charge is -2.19. The Labute approximate surface area is 214 Å². The second-order valence-corrected chi connectivity index (χ2v) is 10.1. The Morgan fingerprint density at radius 2 is 1.84 bits per heavy atom. The lowest BCUT2D eigenvalue weighted by atomic mass is 10.1. The molecule has 2 unspecified atom stereocenters. The van der Waals surface area contributed by atoms with Crippen molar-refractivity contribution in [2.75, 3.05) is 7.11 Å². The molecular formula is C27H28N6O4. The second-order valence-electron chi connectivity index (χ2n) is 10.1. The van der Waals surface area contributed by atoms with E-state index in [2.05, 4.69) is 15.4 Å². The van der Waals surface area contributed by atoms with Gasteiger partial charge in [-0.05, 0) is 51.5 Å². The Kier molecular flexibility index (Phi) is 6.10. The summed E-state index contributed by atoms with van der Waals surface area (Å²) in [6.45, 7) is 5.50. The first-order valence-corrected chi connectivity index (χ1v) is 12.0. The number of pyridine rings is 1. The molecule has 1 aliphatic carbocycles. The zero-order valence-corrected chi connectivity index (χ0v) is 21.4. The van der Waals surface area contributed by atoms with Crippen LogP contribution < -0.4 is 0 Å². The summed E-state index contributed by atoms with van der Waals surface area (Å²) >= 11 is 0. The molecule has 0 N–H and O–H groups in total. The Morgan fingerprint density at radius 1 is 1.05 bits per heavy atom. The highest BCUT2D eigenvalue weighted by atomic mass is 16.6. The van der Waals surface area contributed by atoms with Crippen molar-refractivity contribution >= 4 is 11.9 Å². The number of ether oxygens (including phenoxy) is 2. The third-order valence-corrected chi connectivity index (χ3v) is 6.10. The highest BCUT2D eigenvalue weighted by Gasteiger charge is 2.46. The minimum absolute atomic E-state index is 0.0225. The van der Waals surface area contributed by atoms with Crippen LogP contribution in [0.4, 0.5) is 0 Å². The molecular weight excluding hydrogens is 472 g/mol. The van der Waals surface area contributed by atoms with Crippen molar-refractivity contribution in [2.24, 2.45) is 7.05 Å². The Hall–Kier alpha value is -4.34. The lowest BCUT2D eigenvalue weighted by Crippen LogP contribution is -2.23. The van der Waals surface area contributed by atoms with Crippen LogP contribution in [0.25, 0.3) is 17.1 Å². The number of aromatic nitrogens is 6. The third-order valence-electron chi connectivity index (χ3n) is 6.10. The number of carbonyl (C=O) groups excluding carboxylic acids is 2. The molecule has 10 nitrogen and oxygen atoms in total. The van der Waals surface area contributed by atoms with Gasteiger partial charge in [-0.3, -0.25) is 4.68 Å². The maximum Gasteiger partial charge on any atom is 0.341 e. The Balaban J connectivity index is 1.50. The van der Waals surface area contributed by atoms with Gasteiger partial charge in [0.15, 0.2) is 5.82 Å². The number of hydrogen-bond donors (Lipinski definition) is 0. The van der Waals surface area contributed by atoms with Gasteiger partial charge in [0, 0.05) is 30.6 Å². The van der Waals surface area contributed by atoms with Crippen LogP contribution in [-0.2, 0) is 16.5 Å². The minimum atomic E-state index is -0.592. The summed E-state index contributed by atoms with van der Waals surface area (Å²) < 4.78 is 13.9. The molecule has 190 valence electrons. The first-order valence-electron chi connectivity index (χ1n) is 12.0. The average Bonchev–Trinajstić information content (AvgIpc) is 3.32. The van der Waals surface area contributed by atoms with E-state index in [1.54, 1.807) is 27.6 Å². The summed E-state index contributed by atoms with van der Waals surface area (Å²) in [4.78, 5) is 30.0. The van der Waals surface area contributed by atoms with Gasteiger partial charge in [0.2, 0.25) is 0 Å². The van der Waals surface area contributed by atoms with Crippen LogP contribution in [0.5, 0.6) is 0 Å². The molecule has 0 radical (unpaired) electrons. The van der Waals surface area contributed by atoms with Gasteiger partial charge in [-0.15, -0.1) is 5.10 Å². The molecule has 1 saturated carbocycles. The number of hydrogen-bond acceptors (Lipinski definition) is 8. The topological polar surface area (TPSA) is 114 Å². The highest BCUT2D eigenvalue weighted by Crippen LogP contribution is 2.55. The molecule has 0 saturated heterocycles. The predicted molar refractivity (Wildman–Crippen MR) is 134 cm³/mol. The van der Waals surface area contributed by atoms with Gasteiger partial charge in [0.25, 0.3) is 0 Å². The molecule has 3 aromatic heterocycles. The summed E-state index contributed by atoms with van der Waals surface area (Å²) in [6, 6.07) is 12.7. The Bertz CT molecular complexity index is 1480. The second kappa shape index (κ2) is 9.27. The van der Waals surface area contributed by atoms with Crippen molar-refractivity contribution in [2.45, 2.75) is 44.6 Å². The number of carbonyl (C=O) groups is 2. The fourth-order valence-corrected chi connectivity index (χ4v) is 4.37. The monoisotopic (exact) mass is 500 g/mol. The standard InChI is InChI=1S/C27H28N6O4/c1-27(2,3)37-25(34)17-9-6-8-16(12-17)21-10-7-11-23(29-21)33-24(20(14-28-33)26(35)36-5)19-13-18(19)22-15-32(4)31-30-22/h6-12,14-15,18-19H,13H2,1-5H3. The molecule has 5 rings (SSSR count). The molecule has 2 atom stereocenters. The molecule has 1 aliphatic rings. The van der Waals surface area contributed by atoms with Crippen LogP contribution in [-0.4, -0.2) is 54.4 Å². The van der Waals surface area contributed by atoms with Crippen molar-refractivity contribution in [3.8, 4) is 17.1 Å². The fraction of sp³-hybridized carbons (Fsp3) is 0.333. The van der Waals surface area contributed by atoms with Crippen molar-refractivity contribution in [3.63, 3.8) is 0 Å². The van der Waals surface area contributed by atoms with Crippen LogP contribution in [0.3, 0.4) is 0 Å². The van der Waals surface area contributed by atoms with Crippen molar-refractivity contribution in [1.82, 2.24) is 29.8 Å². The maximum atomic E-state index is 12.6. The summed E-state index contributed by atoms with van der Waals surface area (Å²) in [7, 11) is 3.18. The van der Waals surface area contributed by atoms with E-state index in [0.29, 0.717) is 22.6 Å². The molecule has 0 bridgehead atoms. The maximum absolute atomic E-state index is 12.6. The first-order chi connectivity index (χ1) is 17.6. The largest absolute Gasteiger partial charge is 0.465 e. The minimum Gasteiger partial charge on any atom is -0.465 e. The van der Waals surface area contributed by atoms with Crippen molar-refractivity contribution in [3.05, 3.63) is 77.4 Å². The average molecular weight is 501 g/mol. The van der Waals surface area contributed by atoms with Gasteiger partial charge < -0.3 is 9.47 Å². The lowest BCUT2D eigenvalue weighted by molar-refractivity contribution is 0.00693. The zero-order chi connectivity index (χ0) is 26.3. The molecule has 0 spiro atoms. The van der Waals surface area contributed by atoms with Gasteiger partial charge in [-0.2, -0.15) is 5.10 Å². The summed E-state index contributed by atoms with van der Waals surface area (Å²) in [6.07, 6.45) is 4.22. The van der Waals surface area contributed by atoms with Crippen molar-refractivity contribution < 1.29 is 19.1 Å². The number of aryl methyl sites for hydroxylation is 1. The van der Waals surface area contributed by atoms with E-state index in [0.717, 1.165) is 23.4 Å². The van der Waals surface area contributed by atoms with E-state index < -0.39 is 17.5 Å². The van der Waals surface area contributed by atoms with Gasteiger partial charge in [0.05, 0.1) is 36.0 Å². The van der Waals surface area contributed by atoms with Crippen LogP contribution in [0, 0.1) is 0 Å². The molecule has 37 heavy (non-hydrogen) atoms. The van der Waals surface area contributed by atoms with E-state index in [1.165, 1.54) is 13.3 Å². The van der Waals surface area contributed by atoms with Gasteiger partial charge in [-0.25, -0.2) is 19.3 Å². The number of methoxy groups -OCH3 is 1. The number of nitrogens with zero attached hydrogens (tertiary/aromatic N) is 6. The third kappa shape index (κ3) is 5.00. The first kappa shape index (κ1) is 24.4. The number of rotatable bonds is 6. The molecule has 0 aliphatic heterocycles. The Morgan fingerprint density at radius 3 is 2.54 bits per heavy atom. The highest BCUT2D eigenvalue weighted by molar-refractivity contribution is 5.91. The van der Waals surface area contributed by atoms with E-state index in [4.69, 9.17) is 14.5 Å². The zero-order valence-electron chi connectivity index (χ0n) is 21.4. The number of esters is 2. The number of benzene rings is 1. The molecule has 1 fully saturated rings. The summed E-state index contributed by atoms with van der Waals surface area (Å²) in [5.74, 6) is -0.149. The normalized spacial score (nSPS) is 16.9. The van der Waals surface area contributed by atoms with Gasteiger partial charge in [-0.1, -0.05) is 23.4 Å². The van der Waals surface area contributed by atoms with Gasteiger partial charge in [0.1, 0.15) is 11.2 Å². The fourth-order valence-electron chi connectivity index (χ4n) is 4.37.